The van der Waals surface area contributed by atoms with Gasteiger partial charge >= 0.3 is 0 Å². The lowest BCUT2D eigenvalue weighted by Crippen LogP contribution is -2.48. The van der Waals surface area contributed by atoms with Crippen molar-refractivity contribution in [1.82, 2.24) is 19.7 Å². The van der Waals surface area contributed by atoms with Crippen molar-refractivity contribution < 1.29 is 4.79 Å². The standard InChI is InChI=1S/C20H25ClN4OS/c1-4-12-24-19(16-8-10-17(21)11-9-16)22-23-20(24)27-13-18(26)25-14(2)6-5-7-15(25)3/h4,8-11,14-15H,1,5-7,12-13H2,2-3H3/t14-,15+. The van der Waals surface area contributed by atoms with Gasteiger partial charge in [-0.25, -0.2) is 0 Å². The van der Waals surface area contributed by atoms with E-state index in [4.69, 9.17) is 11.6 Å². The number of nitrogens with zero attached hydrogens (tertiary/aromatic N) is 4. The van der Waals surface area contributed by atoms with Gasteiger partial charge in [0.2, 0.25) is 5.91 Å². The molecule has 1 aromatic heterocycles. The number of likely N-dealkylation sites (tertiary alicyclic amines) is 1. The van der Waals surface area contributed by atoms with Gasteiger partial charge < -0.3 is 4.90 Å². The number of benzene rings is 1. The lowest BCUT2D eigenvalue weighted by atomic mass is 9.98. The smallest absolute Gasteiger partial charge is 0.233 e. The minimum atomic E-state index is 0.167. The topological polar surface area (TPSA) is 51.0 Å². The number of thioether (sulfide) groups is 1. The van der Waals surface area contributed by atoms with Crippen LogP contribution in [0.15, 0.2) is 42.1 Å². The summed E-state index contributed by atoms with van der Waals surface area (Å²) < 4.78 is 1.98. The van der Waals surface area contributed by atoms with Crippen molar-refractivity contribution >= 4 is 29.3 Å². The molecule has 1 saturated heterocycles. The largest absolute Gasteiger partial charge is 0.337 e. The highest BCUT2D eigenvalue weighted by Crippen LogP contribution is 2.27. The Balaban J connectivity index is 1.75. The summed E-state index contributed by atoms with van der Waals surface area (Å²) in [5.74, 6) is 1.28. The fourth-order valence-electron chi connectivity index (χ4n) is 3.62. The Bertz CT molecular complexity index is 795. The minimum Gasteiger partial charge on any atom is -0.337 e. The average molecular weight is 405 g/mol. The molecule has 1 aliphatic rings. The van der Waals surface area contributed by atoms with Crippen molar-refractivity contribution in [2.24, 2.45) is 0 Å². The lowest BCUT2D eigenvalue weighted by molar-refractivity contribution is -0.134. The minimum absolute atomic E-state index is 0.167. The van der Waals surface area contributed by atoms with Gasteiger partial charge in [0.05, 0.1) is 5.75 Å². The Morgan fingerprint density at radius 3 is 2.56 bits per heavy atom. The Morgan fingerprint density at radius 1 is 1.26 bits per heavy atom. The molecular weight excluding hydrogens is 380 g/mol. The number of carbonyl (C=O) groups excluding carboxylic acids is 1. The molecule has 1 amide bonds. The van der Waals surface area contributed by atoms with Crippen molar-refractivity contribution in [3.8, 4) is 11.4 Å². The molecule has 0 saturated carbocycles. The number of aromatic nitrogens is 3. The fourth-order valence-corrected chi connectivity index (χ4v) is 4.56. The molecule has 0 radical (unpaired) electrons. The summed E-state index contributed by atoms with van der Waals surface area (Å²) in [6, 6.07) is 8.11. The third kappa shape index (κ3) is 4.55. The van der Waals surface area contributed by atoms with Crippen LogP contribution in [0, 0.1) is 0 Å². The van der Waals surface area contributed by atoms with Gasteiger partial charge in [-0.15, -0.1) is 16.8 Å². The monoisotopic (exact) mass is 404 g/mol. The van der Waals surface area contributed by atoms with E-state index in [0.29, 0.717) is 29.4 Å². The summed E-state index contributed by atoms with van der Waals surface area (Å²) in [4.78, 5) is 14.8. The first kappa shape index (κ1) is 20.0. The van der Waals surface area contributed by atoms with Crippen LogP contribution >= 0.6 is 23.4 Å². The van der Waals surface area contributed by atoms with Crippen molar-refractivity contribution in [3.05, 3.63) is 41.9 Å². The molecule has 0 unspecified atom stereocenters. The number of halogens is 1. The second-order valence-corrected chi connectivity index (χ2v) is 8.31. The molecule has 1 fully saturated rings. The Morgan fingerprint density at radius 2 is 1.93 bits per heavy atom. The van der Waals surface area contributed by atoms with Crippen LogP contribution < -0.4 is 0 Å². The van der Waals surface area contributed by atoms with Crippen LogP contribution in [-0.2, 0) is 11.3 Å². The Kier molecular flexibility index (Phi) is 6.60. The third-order valence-electron chi connectivity index (χ3n) is 4.94. The van der Waals surface area contributed by atoms with Gasteiger partial charge in [-0.1, -0.05) is 29.4 Å². The van der Waals surface area contributed by atoms with Crippen LogP contribution in [0.2, 0.25) is 5.02 Å². The van der Waals surface area contributed by atoms with Crippen LogP contribution in [0.3, 0.4) is 0 Å². The van der Waals surface area contributed by atoms with Crippen LogP contribution in [0.25, 0.3) is 11.4 Å². The highest BCUT2D eigenvalue weighted by molar-refractivity contribution is 7.99. The van der Waals surface area contributed by atoms with E-state index in [1.54, 1.807) is 0 Å². The quantitative estimate of drug-likeness (QED) is 0.518. The molecule has 7 heteroatoms. The van der Waals surface area contributed by atoms with E-state index < -0.39 is 0 Å². The predicted octanol–water partition coefficient (Wildman–Crippen LogP) is 4.67. The van der Waals surface area contributed by atoms with Gasteiger partial charge in [-0.3, -0.25) is 9.36 Å². The zero-order valence-corrected chi connectivity index (χ0v) is 17.3. The maximum atomic E-state index is 12.8. The van der Waals surface area contributed by atoms with Crippen molar-refractivity contribution in [3.63, 3.8) is 0 Å². The number of rotatable bonds is 6. The molecule has 144 valence electrons. The first-order valence-electron chi connectivity index (χ1n) is 9.25. The summed E-state index contributed by atoms with van der Waals surface area (Å²) in [6.07, 6.45) is 5.16. The van der Waals surface area contributed by atoms with E-state index >= 15 is 0 Å². The normalized spacial score (nSPS) is 19.9. The molecule has 27 heavy (non-hydrogen) atoms. The zero-order valence-electron chi connectivity index (χ0n) is 15.8. The van der Waals surface area contributed by atoms with E-state index in [2.05, 4.69) is 30.6 Å². The summed E-state index contributed by atoms with van der Waals surface area (Å²) in [5.41, 5.74) is 0.935. The number of piperidine rings is 1. The SMILES string of the molecule is C=CCn1c(SCC(=O)N2[C@H](C)CCC[C@@H]2C)nnc1-c1ccc(Cl)cc1. The summed E-state index contributed by atoms with van der Waals surface area (Å²) >= 11 is 7.42. The third-order valence-corrected chi connectivity index (χ3v) is 6.14. The number of allylic oxidation sites excluding steroid dienone is 1. The maximum absolute atomic E-state index is 12.8. The van der Waals surface area contributed by atoms with E-state index in [9.17, 15) is 4.79 Å². The maximum Gasteiger partial charge on any atom is 0.233 e. The van der Waals surface area contributed by atoms with Gasteiger partial charge in [-0.05, 0) is 57.4 Å². The second kappa shape index (κ2) is 8.93. The molecule has 0 bridgehead atoms. The molecular formula is C20H25ClN4OS. The Hall–Kier alpha value is -1.79. The van der Waals surface area contributed by atoms with E-state index in [0.717, 1.165) is 29.4 Å². The molecule has 0 spiro atoms. The zero-order chi connectivity index (χ0) is 19.4. The molecule has 2 heterocycles. The molecule has 2 aromatic rings. The van der Waals surface area contributed by atoms with Gasteiger partial charge in [0.25, 0.3) is 0 Å². The van der Waals surface area contributed by atoms with E-state index in [-0.39, 0.29) is 5.91 Å². The second-order valence-electron chi connectivity index (χ2n) is 6.93. The van der Waals surface area contributed by atoms with Gasteiger partial charge in [-0.2, -0.15) is 0 Å². The van der Waals surface area contributed by atoms with Crippen LogP contribution in [-0.4, -0.2) is 43.4 Å². The van der Waals surface area contributed by atoms with Crippen molar-refractivity contribution in [2.75, 3.05) is 5.75 Å². The number of hydrogen-bond acceptors (Lipinski definition) is 4. The van der Waals surface area contributed by atoms with Crippen LogP contribution in [0.5, 0.6) is 0 Å². The lowest BCUT2D eigenvalue weighted by Gasteiger charge is -2.39. The van der Waals surface area contributed by atoms with Gasteiger partial charge in [0.1, 0.15) is 0 Å². The van der Waals surface area contributed by atoms with Crippen molar-refractivity contribution in [1.29, 1.82) is 0 Å². The van der Waals surface area contributed by atoms with Crippen LogP contribution in [0.4, 0.5) is 0 Å². The molecule has 0 N–H and O–H groups in total. The number of amides is 1. The average Bonchev–Trinajstić information content (AvgIpc) is 3.03. The van der Waals surface area contributed by atoms with E-state index in [1.807, 2.05) is 39.8 Å². The first-order valence-corrected chi connectivity index (χ1v) is 10.6. The van der Waals surface area contributed by atoms with Crippen molar-refractivity contribution in [2.45, 2.75) is 56.9 Å². The molecule has 2 atom stereocenters. The van der Waals surface area contributed by atoms with E-state index in [1.165, 1.54) is 18.2 Å². The Labute approximate surface area is 169 Å². The molecule has 1 aliphatic heterocycles. The number of carbonyl (C=O) groups is 1. The highest BCUT2D eigenvalue weighted by Gasteiger charge is 2.29. The van der Waals surface area contributed by atoms with Crippen LogP contribution in [0.1, 0.15) is 33.1 Å². The first-order chi connectivity index (χ1) is 13.0. The summed E-state index contributed by atoms with van der Waals surface area (Å²) in [7, 11) is 0. The fraction of sp³-hybridized carbons (Fsp3) is 0.450. The molecule has 1 aromatic carbocycles. The molecule has 3 rings (SSSR count). The summed E-state index contributed by atoms with van der Waals surface area (Å²) in [6.45, 7) is 8.69. The molecule has 0 aliphatic carbocycles. The van der Waals surface area contributed by atoms with Gasteiger partial charge in [0.15, 0.2) is 11.0 Å². The van der Waals surface area contributed by atoms with Gasteiger partial charge in [0, 0.05) is 29.2 Å². The predicted molar refractivity (Wildman–Crippen MR) is 111 cm³/mol. The number of hydrogen-bond donors (Lipinski definition) is 0. The molecule has 5 nitrogen and oxygen atoms in total. The summed E-state index contributed by atoms with van der Waals surface area (Å²) in [5, 5.41) is 10.1. The highest BCUT2D eigenvalue weighted by atomic mass is 35.5.